The number of aromatic nitrogens is 2. The van der Waals surface area contributed by atoms with E-state index in [1.807, 2.05) is 0 Å². The maximum atomic E-state index is 5.82. The first-order chi connectivity index (χ1) is 9.65. The summed E-state index contributed by atoms with van der Waals surface area (Å²) in [4.78, 5) is 9.93. The van der Waals surface area contributed by atoms with Crippen LogP contribution in [-0.4, -0.2) is 51.5 Å². The summed E-state index contributed by atoms with van der Waals surface area (Å²) < 4.78 is 4.41. The largest absolute Gasteiger partial charge is 0.392 e. The fourth-order valence-electron chi connectivity index (χ4n) is 2.56. The van der Waals surface area contributed by atoms with Gasteiger partial charge in [0.1, 0.15) is 5.82 Å². The van der Waals surface area contributed by atoms with Crippen LogP contribution in [0.15, 0.2) is 0 Å². The average Bonchev–Trinajstić information content (AvgIpc) is 2.89. The van der Waals surface area contributed by atoms with Crippen LogP contribution in [0.4, 0.5) is 5.13 Å². The van der Waals surface area contributed by atoms with Crippen LogP contribution >= 0.6 is 23.8 Å². The van der Waals surface area contributed by atoms with Gasteiger partial charge in [-0.05, 0) is 12.8 Å². The second-order valence-electron chi connectivity index (χ2n) is 5.09. The fraction of sp³-hybridized carbons (Fsp3) is 0.769. The Morgan fingerprint density at radius 1 is 1.35 bits per heavy atom. The summed E-state index contributed by atoms with van der Waals surface area (Å²) >= 11 is 6.67. The molecule has 0 bridgehead atoms. The van der Waals surface area contributed by atoms with Gasteiger partial charge in [0.2, 0.25) is 5.13 Å². The molecule has 0 aromatic carbocycles. The van der Waals surface area contributed by atoms with Crippen LogP contribution < -0.4 is 10.6 Å². The van der Waals surface area contributed by atoms with Gasteiger partial charge in [0.05, 0.1) is 11.0 Å². The molecule has 0 radical (unpaired) electrons. The summed E-state index contributed by atoms with van der Waals surface area (Å²) in [5, 5.41) is 1.05. The van der Waals surface area contributed by atoms with Gasteiger partial charge in [0, 0.05) is 44.1 Å². The molecule has 0 saturated carbocycles. The molecule has 7 heteroatoms. The third kappa shape index (κ3) is 3.65. The van der Waals surface area contributed by atoms with Crippen molar-refractivity contribution < 1.29 is 0 Å². The first-order valence-electron chi connectivity index (χ1n) is 7.26. The maximum Gasteiger partial charge on any atom is 0.205 e. The maximum absolute atomic E-state index is 5.82. The third-order valence-electron chi connectivity index (χ3n) is 3.67. The Morgan fingerprint density at radius 2 is 2.05 bits per heavy atom. The van der Waals surface area contributed by atoms with Gasteiger partial charge in [-0.3, -0.25) is 4.90 Å². The molecule has 2 N–H and O–H groups in total. The number of thiocarbonyl (C=S) groups is 1. The number of hydrogen-bond acceptors (Lipinski definition) is 6. The Hall–Kier alpha value is -0.790. The van der Waals surface area contributed by atoms with Gasteiger partial charge in [-0.15, -0.1) is 0 Å². The van der Waals surface area contributed by atoms with Crippen LogP contribution in [0.25, 0.3) is 0 Å². The Bertz CT molecular complexity index is 440. The highest BCUT2D eigenvalue weighted by Gasteiger charge is 2.25. The van der Waals surface area contributed by atoms with Gasteiger partial charge in [-0.2, -0.15) is 4.37 Å². The van der Waals surface area contributed by atoms with Crippen molar-refractivity contribution in [3.63, 3.8) is 0 Å². The molecular formula is C13H23N5S2. The minimum atomic E-state index is 0.234. The molecule has 1 fully saturated rings. The lowest BCUT2D eigenvalue weighted by molar-refractivity contribution is 0.224. The normalized spacial score (nSPS) is 18.2. The zero-order valence-electron chi connectivity index (χ0n) is 12.2. The van der Waals surface area contributed by atoms with Crippen LogP contribution in [0.3, 0.4) is 0 Å². The number of rotatable bonds is 6. The predicted octanol–water partition coefficient (Wildman–Crippen LogP) is 1.68. The molecule has 1 aliphatic heterocycles. The molecular weight excluding hydrogens is 290 g/mol. The fourth-order valence-corrected chi connectivity index (χ4v) is 3.64. The molecule has 2 heterocycles. The quantitative estimate of drug-likeness (QED) is 0.806. The van der Waals surface area contributed by atoms with Gasteiger partial charge in [-0.25, -0.2) is 4.98 Å². The van der Waals surface area contributed by atoms with Crippen LogP contribution in [0, 0.1) is 0 Å². The van der Waals surface area contributed by atoms with E-state index in [4.69, 9.17) is 18.0 Å². The van der Waals surface area contributed by atoms with Gasteiger partial charge >= 0.3 is 0 Å². The zero-order valence-corrected chi connectivity index (χ0v) is 13.8. The molecule has 1 atom stereocenters. The molecule has 20 heavy (non-hydrogen) atoms. The molecule has 1 saturated heterocycles. The highest BCUT2D eigenvalue weighted by atomic mass is 32.1. The van der Waals surface area contributed by atoms with E-state index < -0.39 is 0 Å². The first kappa shape index (κ1) is 15.6. The minimum absolute atomic E-state index is 0.234. The van der Waals surface area contributed by atoms with Crippen LogP contribution in [0.5, 0.6) is 0 Å². The number of nitrogens with two attached hydrogens (primary N) is 1. The molecule has 5 nitrogen and oxygen atoms in total. The number of anilines is 1. The van der Waals surface area contributed by atoms with Crippen molar-refractivity contribution in [3.8, 4) is 0 Å². The van der Waals surface area contributed by atoms with Gasteiger partial charge in [-0.1, -0.05) is 26.1 Å². The highest BCUT2D eigenvalue weighted by molar-refractivity contribution is 7.80. The Labute approximate surface area is 130 Å². The lowest BCUT2D eigenvalue weighted by atomic mass is 10.1. The summed E-state index contributed by atoms with van der Waals surface area (Å²) in [7, 11) is 0. The second kappa shape index (κ2) is 7.28. The van der Waals surface area contributed by atoms with Crippen LogP contribution in [-0.2, 0) is 6.42 Å². The molecule has 2 rings (SSSR count). The van der Waals surface area contributed by atoms with E-state index in [1.165, 1.54) is 11.5 Å². The molecule has 0 amide bonds. The molecule has 1 aromatic heterocycles. The SMILES string of the molecule is CCCc1nsc(N2CCN(C(CC)C(N)=S)CC2)n1. The number of nitrogens with zero attached hydrogens (tertiary/aromatic N) is 4. The van der Waals surface area contributed by atoms with Crippen molar-refractivity contribution in [2.75, 3.05) is 31.1 Å². The van der Waals surface area contributed by atoms with Crippen molar-refractivity contribution >= 4 is 33.9 Å². The topological polar surface area (TPSA) is 58.3 Å². The van der Waals surface area contributed by atoms with E-state index in [2.05, 4.69) is 33.0 Å². The van der Waals surface area contributed by atoms with Crippen molar-refractivity contribution in [2.45, 2.75) is 39.2 Å². The van der Waals surface area contributed by atoms with Gasteiger partial charge in [0.25, 0.3) is 0 Å². The summed E-state index contributed by atoms with van der Waals surface area (Å²) in [6.45, 7) is 8.20. The molecule has 1 unspecified atom stereocenters. The Balaban J connectivity index is 1.91. The van der Waals surface area contributed by atoms with E-state index in [9.17, 15) is 0 Å². The Morgan fingerprint density at radius 3 is 2.60 bits per heavy atom. The van der Waals surface area contributed by atoms with E-state index >= 15 is 0 Å². The Kier molecular flexibility index (Phi) is 5.68. The van der Waals surface area contributed by atoms with Crippen molar-refractivity contribution in [1.82, 2.24) is 14.3 Å². The summed E-state index contributed by atoms with van der Waals surface area (Å²) in [6, 6.07) is 0.234. The highest BCUT2D eigenvalue weighted by Crippen LogP contribution is 2.20. The van der Waals surface area contributed by atoms with E-state index in [0.717, 1.165) is 56.4 Å². The van der Waals surface area contributed by atoms with Crippen LogP contribution in [0.1, 0.15) is 32.5 Å². The standard InChI is InChI=1S/C13H23N5S2/c1-3-5-11-15-13(20-16-11)18-8-6-17(7-9-18)10(4-2)12(14)19/h10H,3-9H2,1-2H3,(H2,14,19). The summed E-state index contributed by atoms with van der Waals surface area (Å²) in [5.74, 6) is 0.976. The summed E-state index contributed by atoms with van der Waals surface area (Å²) in [6.07, 6.45) is 3.04. The number of piperazine rings is 1. The molecule has 0 aliphatic carbocycles. The van der Waals surface area contributed by atoms with Crippen molar-refractivity contribution in [2.24, 2.45) is 5.73 Å². The van der Waals surface area contributed by atoms with Gasteiger partial charge in [0.15, 0.2) is 0 Å². The smallest absolute Gasteiger partial charge is 0.205 e. The van der Waals surface area contributed by atoms with E-state index in [1.54, 1.807) is 0 Å². The van der Waals surface area contributed by atoms with E-state index in [-0.39, 0.29) is 6.04 Å². The lowest BCUT2D eigenvalue weighted by Gasteiger charge is -2.38. The summed E-state index contributed by atoms with van der Waals surface area (Å²) in [5.41, 5.74) is 5.82. The van der Waals surface area contributed by atoms with E-state index in [0.29, 0.717) is 4.99 Å². The molecule has 0 spiro atoms. The minimum Gasteiger partial charge on any atom is -0.392 e. The molecule has 1 aliphatic rings. The second-order valence-corrected chi connectivity index (χ2v) is 6.29. The first-order valence-corrected chi connectivity index (χ1v) is 8.44. The van der Waals surface area contributed by atoms with Crippen molar-refractivity contribution in [1.29, 1.82) is 0 Å². The molecule has 112 valence electrons. The number of aryl methyl sites for hydroxylation is 1. The lowest BCUT2D eigenvalue weighted by Crippen LogP contribution is -2.53. The average molecular weight is 313 g/mol. The monoisotopic (exact) mass is 313 g/mol. The zero-order chi connectivity index (χ0) is 14.5. The third-order valence-corrected chi connectivity index (χ3v) is 4.76. The number of hydrogen-bond donors (Lipinski definition) is 1. The van der Waals surface area contributed by atoms with Gasteiger partial charge < -0.3 is 10.6 Å². The predicted molar refractivity (Wildman–Crippen MR) is 88.6 cm³/mol. The van der Waals surface area contributed by atoms with Crippen LogP contribution in [0.2, 0.25) is 0 Å². The van der Waals surface area contributed by atoms with Crippen molar-refractivity contribution in [3.05, 3.63) is 5.82 Å². The molecule has 1 aromatic rings.